The van der Waals surface area contributed by atoms with Gasteiger partial charge in [-0.3, -0.25) is 10.2 Å². The number of amides is 2. The van der Waals surface area contributed by atoms with Gasteiger partial charge in [-0.2, -0.15) is 5.10 Å². The van der Waals surface area contributed by atoms with Crippen molar-refractivity contribution in [3.8, 4) is 0 Å². The number of nitrogens with one attached hydrogen (secondary N) is 2. The van der Waals surface area contributed by atoms with E-state index < -0.39 is 12.0 Å². The molecule has 0 bridgehead atoms. The largest absolute Gasteiger partial charge is 0.464 e. The number of fused-ring (bicyclic) bond motifs is 1. The van der Waals surface area contributed by atoms with Crippen molar-refractivity contribution in [2.45, 2.75) is 6.42 Å². The second-order valence-corrected chi connectivity index (χ2v) is 4.83. The fourth-order valence-electron chi connectivity index (χ4n) is 2.12. The summed E-state index contributed by atoms with van der Waals surface area (Å²) in [6, 6.07) is 11.7. The van der Waals surface area contributed by atoms with Gasteiger partial charge in [0.25, 0.3) is 5.91 Å². The zero-order valence-electron chi connectivity index (χ0n) is 11.9. The molecule has 3 N–H and O–H groups in total. The minimum Gasteiger partial charge on any atom is -0.464 e. The van der Waals surface area contributed by atoms with Gasteiger partial charge in [0.1, 0.15) is 0 Å². The van der Waals surface area contributed by atoms with Crippen LogP contribution in [0.4, 0.5) is 4.79 Å². The van der Waals surface area contributed by atoms with E-state index in [0.717, 1.165) is 11.3 Å². The van der Waals surface area contributed by atoms with Crippen LogP contribution < -0.4 is 10.9 Å². The van der Waals surface area contributed by atoms with Crippen molar-refractivity contribution in [3.05, 3.63) is 65.6 Å². The van der Waals surface area contributed by atoms with E-state index in [4.69, 9.17) is 5.11 Å². The van der Waals surface area contributed by atoms with Gasteiger partial charge in [0.15, 0.2) is 5.65 Å². The standard InChI is InChI=1S/C15H13N5O3/c21-14(17-18-15(22)23)11-8-16-13-7-12(19-20(13)9-11)6-10-4-2-1-3-5-10/h1-5,7-9,18H,6H2,(H,17,21)(H,22,23). The van der Waals surface area contributed by atoms with Gasteiger partial charge >= 0.3 is 6.09 Å². The molecule has 3 aromatic rings. The molecule has 2 aromatic heterocycles. The molecule has 2 heterocycles. The maximum atomic E-state index is 11.8. The molecular formula is C15H13N5O3. The molecule has 0 fully saturated rings. The summed E-state index contributed by atoms with van der Waals surface area (Å²) in [5, 5.41) is 12.8. The molecule has 8 nitrogen and oxygen atoms in total. The van der Waals surface area contributed by atoms with Gasteiger partial charge < -0.3 is 5.11 Å². The lowest BCUT2D eigenvalue weighted by Gasteiger charge is -2.03. The number of nitrogens with zero attached hydrogens (tertiary/aromatic N) is 3. The quantitative estimate of drug-likeness (QED) is 0.630. The van der Waals surface area contributed by atoms with Crippen molar-refractivity contribution in [1.29, 1.82) is 0 Å². The summed E-state index contributed by atoms with van der Waals surface area (Å²) in [6.45, 7) is 0. The van der Waals surface area contributed by atoms with Crippen LogP contribution in [0.25, 0.3) is 5.65 Å². The molecule has 0 aliphatic carbocycles. The third-order valence-electron chi connectivity index (χ3n) is 3.14. The molecule has 0 saturated heterocycles. The fraction of sp³-hybridized carbons (Fsp3) is 0.0667. The lowest BCUT2D eigenvalue weighted by atomic mass is 10.1. The van der Waals surface area contributed by atoms with Gasteiger partial charge in [-0.1, -0.05) is 30.3 Å². The maximum Gasteiger partial charge on any atom is 0.423 e. The monoisotopic (exact) mass is 311 g/mol. The van der Waals surface area contributed by atoms with Crippen LogP contribution >= 0.6 is 0 Å². The van der Waals surface area contributed by atoms with Crippen molar-refractivity contribution in [3.63, 3.8) is 0 Å². The highest BCUT2D eigenvalue weighted by atomic mass is 16.4. The van der Waals surface area contributed by atoms with E-state index in [1.807, 2.05) is 41.8 Å². The van der Waals surface area contributed by atoms with Crippen LogP contribution in [0.2, 0.25) is 0 Å². The molecule has 23 heavy (non-hydrogen) atoms. The Morgan fingerprint density at radius 1 is 1.17 bits per heavy atom. The zero-order valence-corrected chi connectivity index (χ0v) is 11.9. The Morgan fingerprint density at radius 2 is 1.96 bits per heavy atom. The first kappa shape index (κ1) is 14.5. The summed E-state index contributed by atoms with van der Waals surface area (Å²) in [5.74, 6) is -0.609. The number of carboxylic acid groups (broad SMARTS) is 1. The molecular weight excluding hydrogens is 298 g/mol. The molecule has 0 aliphatic rings. The Kier molecular flexibility index (Phi) is 3.88. The van der Waals surface area contributed by atoms with Crippen LogP contribution in [0.1, 0.15) is 21.6 Å². The molecule has 8 heteroatoms. The molecule has 0 radical (unpaired) electrons. The second kappa shape index (κ2) is 6.14. The highest BCUT2D eigenvalue weighted by Crippen LogP contribution is 2.10. The normalized spacial score (nSPS) is 10.4. The van der Waals surface area contributed by atoms with E-state index in [9.17, 15) is 9.59 Å². The number of hydrazine groups is 1. The topological polar surface area (TPSA) is 109 Å². The van der Waals surface area contributed by atoms with Crippen LogP contribution in [0.15, 0.2) is 48.8 Å². The SMILES string of the molecule is O=C(O)NNC(=O)c1cnc2cc(Cc3ccccc3)nn2c1. The minimum atomic E-state index is -1.35. The molecule has 0 aliphatic heterocycles. The van der Waals surface area contributed by atoms with Crippen LogP contribution in [-0.4, -0.2) is 31.7 Å². The average Bonchev–Trinajstić information content (AvgIpc) is 2.94. The van der Waals surface area contributed by atoms with E-state index in [0.29, 0.717) is 12.1 Å². The van der Waals surface area contributed by atoms with Crippen molar-refractivity contribution >= 4 is 17.6 Å². The Labute approximate surface area is 130 Å². The Balaban J connectivity index is 1.80. The molecule has 0 atom stereocenters. The number of hydrogen-bond acceptors (Lipinski definition) is 4. The van der Waals surface area contributed by atoms with E-state index in [2.05, 4.69) is 10.1 Å². The van der Waals surface area contributed by atoms with Crippen LogP contribution in [-0.2, 0) is 6.42 Å². The third-order valence-corrected chi connectivity index (χ3v) is 3.14. The molecule has 116 valence electrons. The second-order valence-electron chi connectivity index (χ2n) is 4.83. The van der Waals surface area contributed by atoms with Crippen molar-refractivity contribution in [2.75, 3.05) is 0 Å². The number of carbonyl (C=O) groups is 2. The molecule has 0 unspecified atom stereocenters. The Hall–Kier alpha value is -3.42. The Bertz CT molecular complexity index is 860. The molecule has 1 aromatic carbocycles. The van der Waals surface area contributed by atoms with E-state index >= 15 is 0 Å². The summed E-state index contributed by atoms with van der Waals surface area (Å²) in [6.07, 6.45) is 2.17. The maximum absolute atomic E-state index is 11.8. The number of aromatic nitrogens is 3. The van der Waals surface area contributed by atoms with Crippen LogP contribution in [0.5, 0.6) is 0 Å². The predicted octanol–water partition coefficient (Wildman–Crippen LogP) is 1.23. The number of benzene rings is 1. The zero-order chi connectivity index (χ0) is 16.2. The van der Waals surface area contributed by atoms with Gasteiger partial charge in [-0.05, 0) is 5.56 Å². The predicted molar refractivity (Wildman–Crippen MR) is 80.9 cm³/mol. The summed E-state index contributed by atoms with van der Waals surface area (Å²) >= 11 is 0. The third kappa shape index (κ3) is 3.43. The van der Waals surface area contributed by atoms with Crippen LogP contribution in [0.3, 0.4) is 0 Å². The molecule has 2 amide bonds. The van der Waals surface area contributed by atoms with Gasteiger partial charge in [-0.25, -0.2) is 19.7 Å². The van der Waals surface area contributed by atoms with Gasteiger partial charge in [0.2, 0.25) is 0 Å². The highest BCUT2D eigenvalue weighted by molar-refractivity contribution is 5.94. The summed E-state index contributed by atoms with van der Waals surface area (Å²) in [4.78, 5) is 26.3. The number of rotatable bonds is 3. The Morgan fingerprint density at radius 3 is 2.70 bits per heavy atom. The lowest BCUT2D eigenvalue weighted by molar-refractivity contribution is 0.0925. The van der Waals surface area contributed by atoms with Crippen molar-refractivity contribution in [2.24, 2.45) is 0 Å². The highest BCUT2D eigenvalue weighted by Gasteiger charge is 2.10. The van der Waals surface area contributed by atoms with Gasteiger partial charge in [0, 0.05) is 24.9 Å². The van der Waals surface area contributed by atoms with Gasteiger partial charge in [0.05, 0.1) is 11.3 Å². The smallest absolute Gasteiger partial charge is 0.423 e. The van der Waals surface area contributed by atoms with E-state index in [1.165, 1.54) is 16.9 Å². The van der Waals surface area contributed by atoms with E-state index in [-0.39, 0.29) is 5.56 Å². The van der Waals surface area contributed by atoms with Crippen molar-refractivity contribution in [1.82, 2.24) is 25.4 Å². The number of hydrogen-bond donors (Lipinski definition) is 3. The van der Waals surface area contributed by atoms with Gasteiger partial charge in [-0.15, -0.1) is 0 Å². The summed E-state index contributed by atoms with van der Waals surface area (Å²) in [7, 11) is 0. The number of carbonyl (C=O) groups excluding carboxylic acids is 1. The summed E-state index contributed by atoms with van der Waals surface area (Å²) < 4.78 is 1.49. The molecule has 0 saturated carbocycles. The first-order chi connectivity index (χ1) is 11.1. The van der Waals surface area contributed by atoms with Crippen molar-refractivity contribution < 1.29 is 14.7 Å². The first-order valence-corrected chi connectivity index (χ1v) is 6.79. The molecule has 3 rings (SSSR count). The minimum absolute atomic E-state index is 0.195. The average molecular weight is 311 g/mol. The first-order valence-electron chi connectivity index (χ1n) is 6.79. The van der Waals surface area contributed by atoms with Crippen LogP contribution in [0, 0.1) is 0 Å². The summed E-state index contributed by atoms with van der Waals surface area (Å²) in [5.41, 5.74) is 6.58. The fourth-order valence-corrected chi connectivity index (χ4v) is 2.12. The molecule has 0 spiro atoms. The lowest BCUT2D eigenvalue weighted by Crippen LogP contribution is -2.40. The van der Waals surface area contributed by atoms with E-state index in [1.54, 1.807) is 5.43 Å².